The van der Waals surface area contributed by atoms with Gasteiger partial charge in [-0.05, 0) is 57.4 Å². The highest BCUT2D eigenvalue weighted by Gasteiger charge is 2.25. The van der Waals surface area contributed by atoms with E-state index in [0.29, 0.717) is 33.5 Å². The van der Waals surface area contributed by atoms with Crippen molar-refractivity contribution in [2.24, 2.45) is 0 Å². The van der Waals surface area contributed by atoms with E-state index < -0.39 is 0 Å². The normalized spacial score (nSPS) is 13.3. The first-order valence-corrected chi connectivity index (χ1v) is 11.6. The maximum Gasteiger partial charge on any atom is 0.256 e. The number of benzene rings is 2. The van der Waals surface area contributed by atoms with Gasteiger partial charge in [0.05, 0.1) is 34.1 Å². The van der Waals surface area contributed by atoms with Crippen molar-refractivity contribution < 1.29 is 9.59 Å². The molecule has 7 nitrogen and oxygen atoms in total. The highest BCUT2D eigenvalue weighted by atomic mass is 16.2. The molecule has 34 heavy (non-hydrogen) atoms. The minimum atomic E-state index is -0.308. The van der Waals surface area contributed by atoms with Gasteiger partial charge >= 0.3 is 0 Å². The second-order valence-electron chi connectivity index (χ2n) is 9.04. The van der Waals surface area contributed by atoms with E-state index >= 15 is 0 Å². The fraction of sp³-hybridized carbons (Fsp3) is 0.259. The second kappa shape index (κ2) is 8.74. The summed E-state index contributed by atoms with van der Waals surface area (Å²) in [5.74, 6) is -0.483. The first-order chi connectivity index (χ1) is 16.4. The van der Waals surface area contributed by atoms with Gasteiger partial charge < -0.3 is 10.6 Å². The molecule has 0 radical (unpaired) electrons. The van der Waals surface area contributed by atoms with Crippen molar-refractivity contribution in [3.8, 4) is 11.3 Å². The second-order valence-corrected chi connectivity index (χ2v) is 9.04. The molecule has 0 atom stereocenters. The van der Waals surface area contributed by atoms with Gasteiger partial charge in [0.15, 0.2) is 5.65 Å². The largest absolute Gasteiger partial charge is 0.349 e. The van der Waals surface area contributed by atoms with E-state index in [0.717, 1.165) is 24.0 Å². The molecular formula is C27H27N5O2. The lowest BCUT2D eigenvalue weighted by Crippen LogP contribution is -2.27. The van der Waals surface area contributed by atoms with Crippen LogP contribution in [0.15, 0.2) is 60.8 Å². The number of nitrogens with zero attached hydrogens (tertiary/aromatic N) is 3. The summed E-state index contributed by atoms with van der Waals surface area (Å²) in [7, 11) is 0. The number of rotatable bonds is 6. The minimum Gasteiger partial charge on any atom is -0.349 e. The van der Waals surface area contributed by atoms with Crippen LogP contribution in [-0.2, 0) is 0 Å². The van der Waals surface area contributed by atoms with Crippen molar-refractivity contribution >= 4 is 28.5 Å². The third-order valence-corrected chi connectivity index (χ3v) is 6.05. The Morgan fingerprint density at radius 2 is 1.74 bits per heavy atom. The molecule has 2 aromatic heterocycles. The molecule has 1 saturated carbocycles. The van der Waals surface area contributed by atoms with Crippen LogP contribution in [0.3, 0.4) is 0 Å². The van der Waals surface area contributed by atoms with Gasteiger partial charge in [-0.2, -0.15) is 5.10 Å². The summed E-state index contributed by atoms with van der Waals surface area (Å²) in [6, 6.07) is 17.2. The first kappa shape index (κ1) is 21.8. The third kappa shape index (κ3) is 4.17. The Morgan fingerprint density at radius 1 is 1.00 bits per heavy atom. The Morgan fingerprint density at radius 3 is 2.47 bits per heavy atom. The quantitative estimate of drug-likeness (QED) is 0.423. The zero-order valence-electron chi connectivity index (χ0n) is 19.5. The predicted octanol–water partition coefficient (Wildman–Crippen LogP) is 5.13. The van der Waals surface area contributed by atoms with E-state index in [2.05, 4.69) is 15.7 Å². The van der Waals surface area contributed by atoms with Crippen molar-refractivity contribution in [3.63, 3.8) is 0 Å². The van der Waals surface area contributed by atoms with Gasteiger partial charge in [-0.15, -0.1) is 0 Å². The summed E-state index contributed by atoms with van der Waals surface area (Å²) >= 11 is 0. The molecule has 5 rings (SSSR count). The molecule has 172 valence electrons. The lowest BCUT2D eigenvalue weighted by molar-refractivity contribution is 0.0952. The molecule has 2 N–H and O–H groups in total. The maximum absolute atomic E-state index is 13.6. The van der Waals surface area contributed by atoms with Crippen LogP contribution < -0.4 is 10.6 Å². The van der Waals surface area contributed by atoms with Crippen LogP contribution in [0.4, 0.5) is 5.69 Å². The summed E-state index contributed by atoms with van der Waals surface area (Å²) in [6.45, 7) is 6.08. The highest BCUT2D eigenvalue weighted by molar-refractivity contribution is 6.14. The van der Waals surface area contributed by atoms with Gasteiger partial charge in [-0.25, -0.2) is 9.67 Å². The van der Waals surface area contributed by atoms with Gasteiger partial charge in [0.25, 0.3) is 11.8 Å². The zero-order valence-corrected chi connectivity index (χ0v) is 19.5. The van der Waals surface area contributed by atoms with Crippen LogP contribution >= 0.6 is 0 Å². The number of carbonyl (C=O) groups excluding carboxylic acids is 2. The Labute approximate surface area is 198 Å². The molecule has 0 saturated heterocycles. The minimum absolute atomic E-state index is 0.0832. The molecular weight excluding hydrogens is 426 g/mol. The van der Waals surface area contributed by atoms with Crippen LogP contribution in [0.1, 0.15) is 59.0 Å². The standard InChI is InChI=1S/C27H27N5O2/c1-16(2)32-25-22(15-28-32)21(14-24(30-25)19-9-5-4-8-17(19)3)27(34)31-23-11-7-6-10-20(23)26(33)29-18-12-13-18/h4-11,14-16,18H,12-13H2,1-3H3,(H,29,33)(H,31,34). The number of hydrogen-bond acceptors (Lipinski definition) is 4. The fourth-order valence-corrected chi connectivity index (χ4v) is 4.05. The van der Waals surface area contributed by atoms with Gasteiger partial charge in [0, 0.05) is 17.6 Å². The van der Waals surface area contributed by atoms with Crippen LogP contribution in [-0.4, -0.2) is 32.6 Å². The van der Waals surface area contributed by atoms with Crippen LogP contribution in [0.5, 0.6) is 0 Å². The molecule has 0 unspecified atom stereocenters. The Bertz CT molecular complexity index is 1400. The summed E-state index contributed by atoms with van der Waals surface area (Å²) in [5, 5.41) is 11.1. The molecule has 0 spiro atoms. The third-order valence-electron chi connectivity index (χ3n) is 6.05. The molecule has 0 bridgehead atoms. The van der Waals surface area contributed by atoms with E-state index in [-0.39, 0.29) is 23.9 Å². The van der Waals surface area contributed by atoms with Crippen molar-refractivity contribution in [2.45, 2.75) is 45.7 Å². The molecule has 1 aliphatic carbocycles. The highest BCUT2D eigenvalue weighted by Crippen LogP contribution is 2.29. The van der Waals surface area contributed by atoms with Crippen molar-refractivity contribution in [2.75, 3.05) is 5.32 Å². The molecule has 1 fully saturated rings. The molecule has 7 heteroatoms. The van der Waals surface area contributed by atoms with E-state index in [1.807, 2.05) is 49.7 Å². The predicted molar refractivity (Wildman–Crippen MR) is 133 cm³/mol. The number of fused-ring (bicyclic) bond motifs is 1. The van der Waals surface area contributed by atoms with Crippen molar-refractivity contribution in [1.82, 2.24) is 20.1 Å². The van der Waals surface area contributed by atoms with Gasteiger partial charge in [-0.3, -0.25) is 9.59 Å². The number of anilines is 1. The lowest BCUT2D eigenvalue weighted by Gasteiger charge is -2.14. The van der Waals surface area contributed by atoms with Gasteiger partial charge in [0.2, 0.25) is 0 Å². The Hall–Kier alpha value is -4.00. The van der Waals surface area contributed by atoms with Crippen molar-refractivity contribution in [3.05, 3.63) is 77.5 Å². The summed E-state index contributed by atoms with van der Waals surface area (Å²) in [4.78, 5) is 31.2. The number of pyridine rings is 1. The van der Waals surface area contributed by atoms with Gasteiger partial charge in [0.1, 0.15) is 0 Å². The topological polar surface area (TPSA) is 88.9 Å². The Balaban J connectivity index is 1.58. The van der Waals surface area contributed by atoms with Gasteiger partial charge in [-0.1, -0.05) is 36.4 Å². The smallest absolute Gasteiger partial charge is 0.256 e. The number of amides is 2. The van der Waals surface area contributed by atoms with Crippen LogP contribution in [0, 0.1) is 6.92 Å². The van der Waals surface area contributed by atoms with Crippen molar-refractivity contribution in [1.29, 1.82) is 0 Å². The summed E-state index contributed by atoms with van der Waals surface area (Å²) in [6.07, 6.45) is 3.68. The average Bonchev–Trinajstić information content (AvgIpc) is 3.53. The molecule has 2 aromatic carbocycles. The van der Waals surface area contributed by atoms with Crippen LogP contribution in [0.25, 0.3) is 22.3 Å². The molecule has 2 heterocycles. The maximum atomic E-state index is 13.6. The molecule has 0 aliphatic heterocycles. The summed E-state index contributed by atoms with van der Waals surface area (Å²) in [5.41, 5.74) is 4.78. The van der Waals surface area contributed by atoms with E-state index in [9.17, 15) is 9.59 Å². The molecule has 1 aliphatic rings. The van der Waals surface area contributed by atoms with E-state index in [1.165, 1.54) is 0 Å². The molecule has 4 aromatic rings. The van der Waals surface area contributed by atoms with E-state index in [4.69, 9.17) is 4.98 Å². The number of para-hydroxylation sites is 1. The number of nitrogens with one attached hydrogen (secondary N) is 2. The summed E-state index contributed by atoms with van der Waals surface area (Å²) < 4.78 is 1.82. The zero-order chi connectivity index (χ0) is 23.8. The Kier molecular flexibility index (Phi) is 5.61. The number of aromatic nitrogens is 3. The SMILES string of the molecule is Cc1ccccc1-c1cc(C(=O)Nc2ccccc2C(=O)NC2CC2)c2cnn(C(C)C)c2n1. The van der Waals surface area contributed by atoms with E-state index in [1.54, 1.807) is 36.5 Å². The monoisotopic (exact) mass is 453 g/mol. The first-order valence-electron chi connectivity index (χ1n) is 11.6. The number of carbonyl (C=O) groups is 2. The fourth-order valence-electron chi connectivity index (χ4n) is 4.05. The average molecular weight is 454 g/mol. The number of aryl methyl sites for hydroxylation is 1. The van der Waals surface area contributed by atoms with Crippen LogP contribution in [0.2, 0.25) is 0 Å². The lowest BCUT2D eigenvalue weighted by atomic mass is 10.0. The number of hydrogen-bond donors (Lipinski definition) is 2. The molecule has 2 amide bonds.